The minimum atomic E-state index is -0.611. The molecule has 0 bridgehead atoms. The Balaban J connectivity index is 2.04. The van der Waals surface area contributed by atoms with Crippen LogP contribution >= 0.6 is 0 Å². The highest BCUT2D eigenvalue weighted by atomic mass is 16.6. The Kier molecular flexibility index (Phi) is 6.78. The molecule has 1 amide bonds. The summed E-state index contributed by atoms with van der Waals surface area (Å²) in [5.74, 6) is 0.259. The molecule has 0 unspecified atom stereocenters. The van der Waals surface area contributed by atoms with E-state index in [-0.39, 0.29) is 18.0 Å². The van der Waals surface area contributed by atoms with Gasteiger partial charge in [-0.3, -0.25) is 14.9 Å². The van der Waals surface area contributed by atoms with Crippen LogP contribution in [0.3, 0.4) is 0 Å². The first-order valence-corrected chi connectivity index (χ1v) is 7.75. The Labute approximate surface area is 154 Å². The number of hydrogen-bond acceptors (Lipinski definition) is 8. The van der Waals surface area contributed by atoms with E-state index in [0.717, 1.165) is 6.20 Å². The number of carbonyl (C=O) groups is 1. The number of hydrazone groups is 1. The highest BCUT2D eigenvalue weighted by molar-refractivity contribution is 5.93. The van der Waals surface area contributed by atoms with Gasteiger partial charge in [0.05, 0.1) is 17.7 Å². The number of aromatic nitrogens is 1. The van der Waals surface area contributed by atoms with Crippen LogP contribution in [0, 0.1) is 21.4 Å². The van der Waals surface area contributed by atoms with Crippen LogP contribution in [0.5, 0.6) is 11.5 Å². The first-order chi connectivity index (χ1) is 13.0. The predicted molar refractivity (Wildman–Crippen MR) is 94.7 cm³/mol. The fourth-order valence-corrected chi connectivity index (χ4v) is 1.95. The Hall–Kier alpha value is -4.00. The van der Waals surface area contributed by atoms with Gasteiger partial charge in [0.15, 0.2) is 18.1 Å². The SMILES string of the molecule is CCOc1cc(C=NNC(=O)c2ccc([N+](=O)[O-])cn2)ccc1OCC#N. The van der Waals surface area contributed by atoms with Crippen molar-refractivity contribution in [2.75, 3.05) is 13.2 Å². The molecule has 0 atom stereocenters. The van der Waals surface area contributed by atoms with E-state index < -0.39 is 10.8 Å². The fraction of sp³-hybridized carbons (Fsp3) is 0.176. The maximum Gasteiger partial charge on any atom is 0.289 e. The van der Waals surface area contributed by atoms with E-state index in [4.69, 9.17) is 14.7 Å². The molecule has 0 aliphatic heterocycles. The summed E-state index contributed by atoms with van der Waals surface area (Å²) in [6.45, 7) is 2.12. The molecule has 0 spiro atoms. The van der Waals surface area contributed by atoms with E-state index in [2.05, 4.69) is 15.5 Å². The molecule has 1 aromatic carbocycles. The van der Waals surface area contributed by atoms with Gasteiger partial charge in [-0.2, -0.15) is 10.4 Å². The lowest BCUT2D eigenvalue weighted by atomic mass is 10.2. The molecule has 0 aliphatic rings. The quantitative estimate of drug-likeness (QED) is 0.426. The van der Waals surface area contributed by atoms with Gasteiger partial charge < -0.3 is 9.47 Å². The number of carbonyl (C=O) groups excluding carboxylic acids is 1. The summed E-state index contributed by atoms with van der Waals surface area (Å²) in [6, 6.07) is 9.24. The standard InChI is InChI=1S/C17H15N5O5/c1-2-26-16-9-12(3-6-15(16)27-8-7-18)10-20-21-17(23)14-5-4-13(11-19-14)22(24)25/h3-6,9-11H,2,8H2,1H3,(H,21,23). The highest BCUT2D eigenvalue weighted by Gasteiger charge is 2.10. The number of nitrogens with one attached hydrogen (secondary N) is 1. The van der Waals surface area contributed by atoms with Crippen LogP contribution in [-0.4, -0.2) is 35.2 Å². The van der Waals surface area contributed by atoms with Crippen LogP contribution in [0.15, 0.2) is 41.6 Å². The molecule has 10 heteroatoms. The molecule has 2 rings (SSSR count). The molecule has 0 radical (unpaired) electrons. The van der Waals surface area contributed by atoms with Crippen molar-refractivity contribution in [1.29, 1.82) is 5.26 Å². The number of ether oxygens (including phenoxy) is 2. The van der Waals surface area contributed by atoms with E-state index in [0.29, 0.717) is 23.7 Å². The summed E-state index contributed by atoms with van der Waals surface area (Å²) in [5, 5.41) is 23.0. The minimum Gasteiger partial charge on any atom is -0.490 e. The number of nitriles is 1. The van der Waals surface area contributed by atoms with Crippen LogP contribution in [-0.2, 0) is 0 Å². The van der Waals surface area contributed by atoms with Gasteiger partial charge in [-0.1, -0.05) is 0 Å². The molecule has 0 saturated heterocycles. The number of hydrogen-bond donors (Lipinski definition) is 1. The second kappa shape index (κ2) is 9.47. The van der Waals surface area contributed by atoms with Crippen molar-refractivity contribution in [3.63, 3.8) is 0 Å². The van der Waals surface area contributed by atoms with Crippen molar-refractivity contribution in [2.45, 2.75) is 6.92 Å². The predicted octanol–water partition coefficient (Wildman–Crippen LogP) is 2.05. The van der Waals surface area contributed by atoms with Crippen molar-refractivity contribution in [1.82, 2.24) is 10.4 Å². The second-order valence-corrected chi connectivity index (χ2v) is 4.94. The normalized spacial score (nSPS) is 10.2. The number of nitro groups is 1. The van der Waals surface area contributed by atoms with Gasteiger partial charge in [0.25, 0.3) is 11.6 Å². The maximum atomic E-state index is 11.9. The summed E-state index contributed by atoms with van der Waals surface area (Å²) in [6.07, 6.45) is 2.38. The Morgan fingerprint density at radius 3 is 2.81 bits per heavy atom. The monoisotopic (exact) mass is 369 g/mol. The number of amides is 1. The number of pyridine rings is 1. The summed E-state index contributed by atoms with van der Waals surface area (Å²) < 4.78 is 10.7. The lowest BCUT2D eigenvalue weighted by Gasteiger charge is -2.10. The molecular weight excluding hydrogens is 354 g/mol. The smallest absolute Gasteiger partial charge is 0.289 e. The van der Waals surface area contributed by atoms with Crippen LogP contribution in [0.2, 0.25) is 0 Å². The van der Waals surface area contributed by atoms with Crippen molar-refractivity contribution in [3.05, 3.63) is 57.9 Å². The van der Waals surface area contributed by atoms with Gasteiger partial charge in [-0.25, -0.2) is 10.4 Å². The van der Waals surface area contributed by atoms with E-state index in [1.165, 1.54) is 18.3 Å². The molecule has 2 aromatic rings. The molecular formula is C17H15N5O5. The third-order valence-electron chi connectivity index (χ3n) is 3.13. The zero-order chi connectivity index (χ0) is 19.6. The molecule has 0 saturated carbocycles. The zero-order valence-electron chi connectivity index (χ0n) is 14.3. The third kappa shape index (κ3) is 5.50. The van der Waals surface area contributed by atoms with Crippen molar-refractivity contribution in [3.8, 4) is 17.6 Å². The topological polar surface area (TPSA) is 140 Å². The van der Waals surface area contributed by atoms with E-state index in [9.17, 15) is 14.9 Å². The van der Waals surface area contributed by atoms with Crippen LogP contribution in [0.1, 0.15) is 23.0 Å². The Morgan fingerprint density at radius 2 is 2.19 bits per heavy atom. The highest BCUT2D eigenvalue weighted by Crippen LogP contribution is 2.27. The van der Waals surface area contributed by atoms with Gasteiger partial charge >= 0.3 is 0 Å². The van der Waals surface area contributed by atoms with Gasteiger partial charge in [-0.05, 0) is 36.8 Å². The summed E-state index contributed by atoms with van der Waals surface area (Å²) in [5.41, 5.74) is 2.69. The molecule has 0 aliphatic carbocycles. The molecule has 138 valence electrons. The van der Waals surface area contributed by atoms with Crippen molar-refractivity contribution < 1.29 is 19.2 Å². The van der Waals surface area contributed by atoms with Crippen LogP contribution < -0.4 is 14.9 Å². The Bertz CT molecular complexity index is 890. The van der Waals surface area contributed by atoms with E-state index in [1.807, 2.05) is 13.0 Å². The molecule has 1 N–H and O–H groups in total. The number of rotatable bonds is 8. The lowest BCUT2D eigenvalue weighted by Crippen LogP contribution is -2.18. The summed E-state index contributed by atoms with van der Waals surface area (Å²) >= 11 is 0. The van der Waals surface area contributed by atoms with E-state index in [1.54, 1.807) is 18.2 Å². The lowest BCUT2D eigenvalue weighted by molar-refractivity contribution is -0.385. The second-order valence-electron chi connectivity index (χ2n) is 4.94. The molecule has 0 fully saturated rings. The zero-order valence-corrected chi connectivity index (χ0v) is 14.3. The first-order valence-electron chi connectivity index (χ1n) is 7.75. The molecule has 10 nitrogen and oxygen atoms in total. The summed E-state index contributed by atoms with van der Waals surface area (Å²) in [7, 11) is 0. The minimum absolute atomic E-state index is 0.00648. The van der Waals surface area contributed by atoms with Gasteiger partial charge in [0.2, 0.25) is 0 Å². The summed E-state index contributed by atoms with van der Waals surface area (Å²) in [4.78, 5) is 25.6. The number of nitrogens with zero attached hydrogens (tertiary/aromatic N) is 4. The maximum absolute atomic E-state index is 11.9. The fourth-order valence-electron chi connectivity index (χ4n) is 1.95. The van der Waals surface area contributed by atoms with Gasteiger partial charge in [0, 0.05) is 6.07 Å². The molecule has 27 heavy (non-hydrogen) atoms. The van der Waals surface area contributed by atoms with Crippen LogP contribution in [0.25, 0.3) is 0 Å². The average Bonchev–Trinajstić information content (AvgIpc) is 2.67. The first kappa shape index (κ1) is 19.3. The van der Waals surface area contributed by atoms with Gasteiger partial charge in [0.1, 0.15) is 18.0 Å². The average molecular weight is 369 g/mol. The van der Waals surface area contributed by atoms with Crippen molar-refractivity contribution >= 4 is 17.8 Å². The molecule has 1 aromatic heterocycles. The van der Waals surface area contributed by atoms with Crippen LogP contribution in [0.4, 0.5) is 5.69 Å². The Morgan fingerprint density at radius 1 is 1.37 bits per heavy atom. The molecule has 1 heterocycles. The van der Waals surface area contributed by atoms with E-state index >= 15 is 0 Å². The van der Waals surface area contributed by atoms with Gasteiger partial charge in [-0.15, -0.1) is 0 Å². The third-order valence-corrected chi connectivity index (χ3v) is 3.13. The van der Waals surface area contributed by atoms with Crippen molar-refractivity contribution in [2.24, 2.45) is 5.10 Å². The largest absolute Gasteiger partial charge is 0.490 e. The number of benzene rings is 1.